The van der Waals surface area contributed by atoms with Crippen LogP contribution in [0.3, 0.4) is 0 Å². The van der Waals surface area contributed by atoms with Crippen LogP contribution in [0.4, 0.5) is 0 Å². The third kappa shape index (κ3) is 3.17. The Balaban J connectivity index is 1.45. The minimum Gasteiger partial charge on any atom is -0.454 e. The number of aromatic nitrogens is 3. The van der Waals surface area contributed by atoms with Crippen molar-refractivity contribution in [2.24, 2.45) is 0 Å². The lowest BCUT2D eigenvalue weighted by Gasteiger charge is -2.14. The van der Waals surface area contributed by atoms with Gasteiger partial charge in [0.05, 0.1) is 22.1 Å². The number of nitrogens with zero attached hydrogens (tertiary/aromatic N) is 3. The highest BCUT2D eigenvalue weighted by Gasteiger charge is 2.25. The van der Waals surface area contributed by atoms with Gasteiger partial charge in [0.25, 0.3) is 0 Å². The molecule has 0 saturated carbocycles. The standard InChI is InChI=1S/C40H23N3O/c1-2-12-25-23-26(22-21-24(25)11-1)37-40(42-32-18-8-7-17-31(32)41-37)43-33-19-9-5-15-29(33)35-27-13-3-4-14-28(27)36-30-16-6-10-20-34(30)44-39(36)38(35)43/h1-23H. The molecule has 0 bridgehead atoms. The molecule has 44 heavy (non-hydrogen) atoms. The second-order valence-electron chi connectivity index (χ2n) is 11.4. The molecule has 4 nitrogen and oxygen atoms in total. The first-order valence-electron chi connectivity index (χ1n) is 14.8. The summed E-state index contributed by atoms with van der Waals surface area (Å²) in [6.45, 7) is 0. The van der Waals surface area contributed by atoms with E-state index in [9.17, 15) is 0 Å². The highest BCUT2D eigenvalue weighted by Crippen LogP contribution is 2.46. The maximum absolute atomic E-state index is 6.79. The quantitative estimate of drug-likeness (QED) is 0.211. The first-order valence-corrected chi connectivity index (χ1v) is 14.8. The molecule has 10 aromatic rings. The second-order valence-corrected chi connectivity index (χ2v) is 11.4. The van der Waals surface area contributed by atoms with Crippen LogP contribution >= 0.6 is 0 Å². The molecule has 3 heterocycles. The second kappa shape index (κ2) is 8.76. The van der Waals surface area contributed by atoms with Gasteiger partial charge < -0.3 is 4.42 Å². The Morgan fingerprint density at radius 1 is 0.500 bits per heavy atom. The number of benzene rings is 7. The molecule has 0 saturated heterocycles. The van der Waals surface area contributed by atoms with Crippen LogP contribution in [0.25, 0.3) is 93.4 Å². The summed E-state index contributed by atoms with van der Waals surface area (Å²) in [5.74, 6) is 0.780. The van der Waals surface area contributed by atoms with Crippen LogP contribution in [0.5, 0.6) is 0 Å². The Labute approximate surface area is 251 Å². The number of hydrogen-bond donors (Lipinski definition) is 0. The topological polar surface area (TPSA) is 43.9 Å². The van der Waals surface area contributed by atoms with Gasteiger partial charge in [0.15, 0.2) is 11.4 Å². The molecular weight excluding hydrogens is 538 g/mol. The molecule has 4 heteroatoms. The summed E-state index contributed by atoms with van der Waals surface area (Å²) in [6.07, 6.45) is 0. The predicted octanol–water partition coefficient (Wildman–Crippen LogP) is 10.6. The van der Waals surface area contributed by atoms with Crippen molar-refractivity contribution in [3.63, 3.8) is 0 Å². The largest absolute Gasteiger partial charge is 0.454 e. The van der Waals surface area contributed by atoms with Gasteiger partial charge in [-0.05, 0) is 51.9 Å². The van der Waals surface area contributed by atoms with Gasteiger partial charge >= 0.3 is 0 Å². The molecule has 0 radical (unpaired) electrons. The molecule has 3 aromatic heterocycles. The van der Waals surface area contributed by atoms with Crippen molar-refractivity contribution in [2.75, 3.05) is 0 Å². The van der Waals surface area contributed by atoms with Gasteiger partial charge in [0.1, 0.15) is 11.3 Å². The molecule has 0 aliphatic heterocycles. The fraction of sp³-hybridized carbons (Fsp3) is 0. The van der Waals surface area contributed by atoms with Crippen molar-refractivity contribution >= 4 is 76.3 Å². The van der Waals surface area contributed by atoms with E-state index in [1.54, 1.807) is 0 Å². The maximum Gasteiger partial charge on any atom is 0.165 e. The van der Waals surface area contributed by atoms with E-state index in [2.05, 4.69) is 114 Å². The number of rotatable bonds is 2. The molecule has 0 spiro atoms. The van der Waals surface area contributed by atoms with Gasteiger partial charge in [-0.25, -0.2) is 9.97 Å². The summed E-state index contributed by atoms with van der Waals surface area (Å²) in [6, 6.07) is 48.7. The number of para-hydroxylation sites is 4. The van der Waals surface area contributed by atoms with Gasteiger partial charge in [-0.15, -0.1) is 0 Å². The highest BCUT2D eigenvalue weighted by atomic mass is 16.3. The minimum absolute atomic E-state index is 0.780. The molecule has 0 fully saturated rings. The molecule has 0 aliphatic carbocycles. The minimum atomic E-state index is 0.780. The van der Waals surface area contributed by atoms with Crippen LogP contribution < -0.4 is 0 Å². The third-order valence-electron chi connectivity index (χ3n) is 8.94. The predicted molar refractivity (Wildman–Crippen MR) is 182 cm³/mol. The van der Waals surface area contributed by atoms with Crippen LogP contribution in [0.1, 0.15) is 0 Å². The van der Waals surface area contributed by atoms with Crippen LogP contribution in [0, 0.1) is 0 Å². The Hall–Kier alpha value is -6.00. The van der Waals surface area contributed by atoms with E-state index in [4.69, 9.17) is 14.4 Å². The normalized spacial score (nSPS) is 12.1. The molecule has 204 valence electrons. The van der Waals surface area contributed by atoms with E-state index >= 15 is 0 Å². The zero-order valence-electron chi connectivity index (χ0n) is 23.5. The third-order valence-corrected chi connectivity index (χ3v) is 8.94. The Morgan fingerprint density at radius 3 is 1.98 bits per heavy atom. The maximum atomic E-state index is 6.79. The van der Waals surface area contributed by atoms with Crippen molar-refractivity contribution in [1.82, 2.24) is 14.5 Å². The van der Waals surface area contributed by atoms with Crippen molar-refractivity contribution in [1.29, 1.82) is 0 Å². The summed E-state index contributed by atoms with van der Waals surface area (Å²) in [7, 11) is 0. The SMILES string of the molecule is c1ccc2cc(-c3nc4ccccc4nc3-n3c4ccccc4c4c5ccccc5c5c6ccccc6oc5c43)ccc2c1. The van der Waals surface area contributed by atoms with Crippen LogP contribution in [0.2, 0.25) is 0 Å². The van der Waals surface area contributed by atoms with E-state index < -0.39 is 0 Å². The number of fused-ring (bicyclic) bond motifs is 12. The summed E-state index contributed by atoms with van der Waals surface area (Å²) < 4.78 is 9.07. The molecule has 0 unspecified atom stereocenters. The summed E-state index contributed by atoms with van der Waals surface area (Å²) >= 11 is 0. The average Bonchev–Trinajstić information content (AvgIpc) is 3.64. The van der Waals surface area contributed by atoms with Crippen LogP contribution in [-0.4, -0.2) is 14.5 Å². The number of furan rings is 1. The summed E-state index contributed by atoms with van der Waals surface area (Å²) in [5, 5.41) is 9.27. The Bertz CT molecular complexity index is 2790. The van der Waals surface area contributed by atoms with E-state index in [1.807, 2.05) is 30.3 Å². The molecule has 0 amide bonds. The first-order chi connectivity index (χ1) is 21.8. The highest BCUT2D eigenvalue weighted by molar-refractivity contribution is 6.35. The van der Waals surface area contributed by atoms with E-state index in [0.29, 0.717) is 0 Å². The van der Waals surface area contributed by atoms with Crippen molar-refractivity contribution in [2.45, 2.75) is 0 Å². The zero-order chi connectivity index (χ0) is 28.8. The van der Waals surface area contributed by atoms with Crippen molar-refractivity contribution < 1.29 is 4.42 Å². The monoisotopic (exact) mass is 561 g/mol. The lowest BCUT2D eigenvalue weighted by atomic mass is 9.99. The van der Waals surface area contributed by atoms with Gasteiger partial charge in [-0.2, -0.15) is 0 Å². The lowest BCUT2D eigenvalue weighted by Crippen LogP contribution is -2.04. The Morgan fingerprint density at radius 2 is 1.14 bits per heavy atom. The number of hydrogen-bond acceptors (Lipinski definition) is 3. The van der Waals surface area contributed by atoms with E-state index in [1.165, 1.54) is 21.5 Å². The molecule has 7 aromatic carbocycles. The van der Waals surface area contributed by atoms with Crippen molar-refractivity contribution in [3.05, 3.63) is 140 Å². The first kappa shape index (κ1) is 23.6. The van der Waals surface area contributed by atoms with Gasteiger partial charge in [0, 0.05) is 27.1 Å². The fourth-order valence-corrected chi connectivity index (χ4v) is 7.02. The van der Waals surface area contributed by atoms with E-state index in [-0.39, 0.29) is 0 Å². The smallest absolute Gasteiger partial charge is 0.165 e. The molecular formula is C40H23N3O. The van der Waals surface area contributed by atoms with Gasteiger partial charge in [-0.3, -0.25) is 4.57 Å². The van der Waals surface area contributed by atoms with Crippen LogP contribution in [0.15, 0.2) is 144 Å². The summed E-state index contributed by atoms with van der Waals surface area (Å²) in [4.78, 5) is 10.7. The Kier molecular flexibility index (Phi) is 4.69. The average molecular weight is 562 g/mol. The van der Waals surface area contributed by atoms with Crippen LogP contribution in [-0.2, 0) is 0 Å². The summed E-state index contributed by atoms with van der Waals surface area (Å²) in [5.41, 5.74) is 7.35. The lowest BCUT2D eigenvalue weighted by molar-refractivity contribution is 0.671. The fourth-order valence-electron chi connectivity index (χ4n) is 7.02. The van der Waals surface area contributed by atoms with Gasteiger partial charge in [0.2, 0.25) is 0 Å². The van der Waals surface area contributed by atoms with E-state index in [0.717, 1.165) is 71.9 Å². The zero-order valence-corrected chi connectivity index (χ0v) is 23.5. The van der Waals surface area contributed by atoms with Gasteiger partial charge in [-0.1, -0.05) is 109 Å². The van der Waals surface area contributed by atoms with Crippen molar-refractivity contribution in [3.8, 4) is 17.1 Å². The molecule has 0 atom stereocenters. The molecule has 0 aliphatic rings. The molecule has 0 N–H and O–H groups in total. The molecule has 10 rings (SSSR count).